The lowest BCUT2D eigenvalue weighted by molar-refractivity contribution is 0.0883. The highest BCUT2D eigenvalue weighted by molar-refractivity contribution is 6.31. The van der Waals surface area contributed by atoms with Gasteiger partial charge >= 0.3 is 5.69 Å². The number of aliphatic hydroxyl groups excluding tert-OH is 1. The number of aliphatic hydroxyl groups is 1. The van der Waals surface area contributed by atoms with E-state index >= 15 is 0 Å². The second-order valence-corrected chi connectivity index (χ2v) is 9.31. The summed E-state index contributed by atoms with van der Waals surface area (Å²) in [4.78, 5) is 13.1. The number of aromatic nitrogens is 4. The Balaban J connectivity index is 1.49. The van der Waals surface area contributed by atoms with Crippen LogP contribution in [-0.2, 0) is 13.2 Å². The van der Waals surface area contributed by atoms with Crippen LogP contribution >= 0.6 is 23.2 Å². The average Bonchev–Trinajstić information content (AvgIpc) is 3.23. The second kappa shape index (κ2) is 10.7. The molecule has 2 aromatic heterocycles. The summed E-state index contributed by atoms with van der Waals surface area (Å²) in [5.74, 6) is 0.567. The van der Waals surface area contributed by atoms with Gasteiger partial charge in [0.25, 0.3) is 0 Å². The van der Waals surface area contributed by atoms with Crippen molar-refractivity contribution in [2.45, 2.75) is 19.3 Å². The van der Waals surface area contributed by atoms with Gasteiger partial charge in [-0.3, -0.25) is 0 Å². The number of fused-ring (bicyclic) bond motifs is 1. The van der Waals surface area contributed by atoms with Gasteiger partial charge in [0.1, 0.15) is 18.5 Å². The van der Waals surface area contributed by atoms with Crippen LogP contribution in [0, 0.1) is 0 Å². The smallest absolute Gasteiger partial charge is 0.367 e. The quantitative estimate of drug-likeness (QED) is 0.299. The molecule has 0 amide bonds. The molecule has 0 saturated carbocycles. The lowest BCUT2D eigenvalue weighted by Crippen LogP contribution is -2.31. The van der Waals surface area contributed by atoms with Gasteiger partial charge in [-0.15, -0.1) is 5.10 Å². The minimum Gasteiger partial charge on any atom is -0.491 e. The minimum absolute atomic E-state index is 0.0337. The number of ether oxygens (including phenoxy) is 1. The maximum absolute atomic E-state index is 13.1. The van der Waals surface area contributed by atoms with Gasteiger partial charge in [0, 0.05) is 26.7 Å². The van der Waals surface area contributed by atoms with Crippen LogP contribution in [0.4, 0.5) is 0 Å². The molecule has 0 aliphatic rings. The molecule has 1 unspecified atom stereocenters. The van der Waals surface area contributed by atoms with E-state index < -0.39 is 11.8 Å². The molecule has 8 nitrogen and oxygen atoms in total. The van der Waals surface area contributed by atoms with Crippen molar-refractivity contribution in [3.05, 3.63) is 105 Å². The highest BCUT2D eigenvalue weighted by atomic mass is 35.5. The third-order valence-electron chi connectivity index (χ3n) is 5.85. The Kier molecular flexibility index (Phi) is 7.25. The van der Waals surface area contributed by atoms with Gasteiger partial charge in [0.05, 0.1) is 12.7 Å². The van der Waals surface area contributed by atoms with Crippen LogP contribution in [0.1, 0.15) is 5.56 Å². The van der Waals surface area contributed by atoms with E-state index in [1.807, 2.05) is 24.3 Å². The van der Waals surface area contributed by atoms with E-state index in [0.29, 0.717) is 27.0 Å². The highest BCUT2D eigenvalue weighted by Crippen LogP contribution is 2.35. The molecule has 5 aromatic rings. The van der Waals surface area contributed by atoms with Crippen molar-refractivity contribution < 1.29 is 14.9 Å². The Morgan fingerprint density at radius 2 is 1.54 bits per heavy atom. The summed E-state index contributed by atoms with van der Waals surface area (Å²) in [6.07, 6.45) is 0.626. The summed E-state index contributed by atoms with van der Waals surface area (Å²) in [5.41, 5.74) is 3.86. The Morgan fingerprint density at radius 1 is 0.919 bits per heavy atom. The first-order chi connectivity index (χ1) is 17.9. The minimum atomic E-state index is -0.992. The van der Waals surface area contributed by atoms with Gasteiger partial charge in [0.2, 0.25) is 0 Å². The molecule has 3 aromatic carbocycles. The summed E-state index contributed by atoms with van der Waals surface area (Å²) in [5, 5.41) is 28.1. The molecule has 0 bridgehead atoms. The lowest BCUT2D eigenvalue weighted by atomic mass is 9.97. The monoisotopic (exact) mass is 537 g/mol. The lowest BCUT2D eigenvalue weighted by Gasteiger charge is -2.12. The predicted octanol–water partition coefficient (Wildman–Crippen LogP) is 4.20. The van der Waals surface area contributed by atoms with Gasteiger partial charge in [0.15, 0.2) is 12.3 Å². The Labute approximate surface area is 221 Å². The third kappa shape index (κ3) is 5.38. The molecule has 10 heteroatoms. The van der Waals surface area contributed by atoms with E-state index in [-0.39, 0.29) is 19.8 Å². The van der Waals surface area contributed by atoms with E-state index in [1.165, 1.54) is 9.20 Å². The predicted molar refractivity (Wildman–Crippen MR) is 143 cm³/mol. The molecule has 188 valence electrons. The number of benzene rings is 3. The third-order valence-corrected chi connectivity index (χ3v) is 6.36. The standard InChI is InChI=1S/C27H22Cl2N4O4/c28-20-7-3-18(4-8-20)24-13-30-33-26(25(24)19-5-9-21(29)10-6-19)31-32(27(33)36)14-22(35)16-37-23-11-1-17(15-34)2-12-23/h1-13,22,34-35H,14-16H2/p+1. The first kappa shape index (κ1) is 25.0. The number of hydrogen-bond acceptors (Lipinski definition) is 5. The largest absolute Gasteiger partial charge is 0.491 e. The first-order valence-electron chi connectivity index (χ1n) is 11.5. The SMILES string of the molecule is O=c1n(CC(O)COc2ccc(C[OH2+])cc2)nc2c(-c3ccc(Cl)cc3)c(-c3ccc(Cl)cc3)cnn12. The van der Waals surface area contributed by atoms with Crippen LogP contribution in [0.3, 0.4) is 0 Å². The van der Waals surface area contributed by atoms with Crippen molar-refractivity contribution in [2.75, 3.05) is 6.61 Å². The summed E-state index contributed by atoms with van der Waals surface area (Å²) < 4.78 is 8.05. The first-order valence-corrected chi connectivity index (χ1v) is 12.2. The zero-order valence-corrected chi connectivity index (χ0v) is 21.0. The molecule has 0 fully saturated rings. The molecule has 3 N–H and O–H groups in total. The van der Waals surface area contributed by atoms with Gasteiger partial charge in [-0.25, -0.2) is 9.48 Å². The Bertz CT molecular complexity index is 1580. The van der Waals surface area contributed by atoms with Crippen molar-refractivity contribution in [3.63, 3.8) is 0 Å². The van der Waals surface area contributed by atoms with Crippen LogP contribution in [0.5, 0.6) is 5.75 Å². The van der Waals surface area contributed by atoms with E-state index in [1.54, 1.807) is 54.7 Å². The van der Waals surface area contributed by atoms with E-state index in [9.17, 15) is 9.90 Å². The van der Waals surface area contributed by atoms with Crippen LogP contribution < -0.4 is 10.4 Å². The topological polar surface area (TPSA) is 105 Å². The fourth-order valence-corrected chi connectivity index (χ4v) is 4.23. The molecule has 2 heterocycles. The molecule has 37 heavy (non-hydrogen) atoms. The summed E-state index contributed by atoms with van der Waals surface area (Å²) in [6, 6.07) is 21.7. The normalized spacial score (nSPS) is 12.1. The summed E-state index contributed by atoms with van der Waals surface area (Å²) in [7, 11) is 0. The van der Waals surface area contributed by atoms with Crippen molar-refractivity contribution >= 4 is 28.8 Å². The Morgan fingerprint density at radius 3 is 2.16 bits per heavy atom. The van der Waals surface area contributed by atoms with Crippen LogP contribution in [0.15, 0.2) is 83.8 Å². The summed E-state index contributed by atoms with van der Waals surface area (Å²) in [6.45, 7) is 0.0723. The average molecular weight is 538 g/mol. The molecule has 0 radical (unpaired) electrons. The fraction of sp³-hybridized carbons (Fsp3) is 0.148. The van der Waals surface area contributed by atoms with Crippen molar-refractivity contribution in [3.8, 4) is 28.0 Å². The molecule has 5 rings (SSSR count). The van der Waals surface area contributed by atoms with Gasteiger partial charge in [-0.2, -0.15) is 9.61 Å². The van der Waals surface area contributed by atoms with E-state index in [4.69, 9.17) is 33.0 Å². The molecule has 0 spiro atoms. The number of halogens is 2. The molecular weight excluding hydrogens is 515 g/mol. The molecule has 1 atom stereocenters. The number of hydrogen-bond donors (Lipinski definition) is 1. The van der Waals surface area contributed by atoms with Crippen LogP contribution in [0.2, 0.25) is 10.0 Å². The fourth-order valence-electron chi connectivity index (χ4n) is 3.98. The zero-order valence-electron chi connectivity index (χ0n) is 19.5. The molecule has 0 aliphatic heterocycles. The van der Waals surface area contributed by atoms with E-state index in [0.717, 1.165) is 22.3 Å². The second-order valence-electron chi connectivity index (χ2n) is 8.43. The maximum atomic E-state index is 13.1. The number of rotatable bonds is 8. The zero-order chi connectivity index (χ0) is 25.9. The summed E-state index contributed by atoms with van der Waals surface area (Å²) >= 11 is 12.2. The van der Waals surface area contributed by atoms with Crippen molar-refractivity contribution in [1.29, 1.82) is 0 Å². The maximum Gasteiger partial charge on any atom is 0.367 e. The van der Waals surface area contributed by atoms with Crippen molar-refractivity contribution in [2.24, 2.45) is 0 Å². The van der Waals surface area contributed by atoms with Crippen molar-refractivity contribution in [1.82, 2.24) is 19.4 Å². The Hall–Kier alpha value is -3.69. The van der Waals surface area contributed by atoms with Gasteiger partial charge < -0.3 is 14.9 Å². The molecule has 0 aliphatic carbocycles. The van der Waals surface area contributed by atoms with Gasteiger partial charge in [-0.05, 0) is 59.7 Å². The van der Waals surface area contributed by atoms with Gasteiger partial charge in [-0.1, -0.05) is 47.5 Å². The van der Waals surface area contributed by atoms with E-state index in [2.05, 4.69) is 10.2 Å². The van der Waals surface area contributed by atoms with Crippen LogP contribution in [-0.4, -0.2) is 42.3 Å². The van der Waals surface area contributed by atoms with Crippen LogP contribution in [0.25, 0.3) is 27.9 Å². The molecule has 0 saturated heterocycles. The number of nitrogens with zero attached hydrogens (tertiary/aromatic N) is 4. The molecular formula is C27H23Cl2N4O4+. The highest BCUT2D eigenvalue weighted by Gasteiger charge is 2.20.